The van der Waals surface area contributed by atoms with Crippen molar-refractivity contribution in [2.24, 2.45) is 0 Å². The van der Waals surface area contributed by atoms with Crippen LogP contribution in [0.4, 0.5) is 11.4 Å². The van der Waals surface area contributed by atoms with Crippen LogP contribution in [0.3, 0.4) is 0 Å². The SMILES string of the molecule is CCN1CCN(c2ccc(NS(=O)(=O)c3ccc(C)c(C)c3)c(C(=O)O)c2)CC1. The zero-order valence-corrected chi connectivity index (χ0v) is 17.8. The van der Waals surface area contributed by atoms with Crippen molar-refractivity contribution in [3.63, 3.8) is 0 Å². The van der Waals surface area contributed by atoms with E-state index >= 15 is 0 Å². The van der Waals surface area contributed by atoms with Crippen LogP contribution in [0.2, 0.25) is 0 Å². The second-order valence-electron chi connectivity index (χ2n) is 7.31. The quantitative estimate of drug-likeness (QED) is 0.751. The standard InChI is InChI=1S/C21H27N3O4S/c1-4-23-9-11-24(12-10-23)17-6-8-20(19(14-17)21(25)26)22-29(27,28)18-7-5-15(2)16(3)13-18/h5-8,13-14,22H,4,9-12H2,1-3H3,(H,25,26). The van der Waals surface area contributed by atoms with Crippen LogP contribution in [-0.4, -0.2) is 57.1 Å². The number of anilines is 2. The smallest absolute Gasteiger partial charge is 0.337 e. The van der Waals surface area contributed by atoms with Gasteiger partial charge in [-0.05, 0) is 61.9 Å². The lowest BCUT2D eigenvalue weighted by atomic mass is 10.1. The molecule has 3 rings (SSSR count). The fraction of sp³-hybridized carbons (Fsp3) is 0.381. The van der Waals surface area contributed by atoms with Crippen molar-refractivity contribution in [2.45, 2.75) is 25.7 Å². The summed E-state index contributed by atoms with van der Waals surface area (Å²) in [6.07, 6.45) is 0. The van der Waals surface area contributed by atoms with Gasteiger partial charge in [0.25, 0.3) is 10.0 Å². The molecule has 0 saturated carbocycles. The summed E-state index contributed by atoms with van der Waals surface area (Å²) in [5.41, 5.74) is 2.63. The molecule has 29 heavy (non-hydrogen) atoms. The number of carboxylic acid groups (broad SMARTS) is 1. The molecular weight excluding hydrogens is 390 g/mol. The number of aromatic carboxylic acids is 1. The number of aryl methyl sites for hydroxylation is 2. The predicted molar refractivity (Wildman–Crippen MR) is 114 cm³/mol. The fourth-order valence-electron chi connectivity index (χ4n) is 3.40. The monoisotopic (exact) mass is 417 g/mol. The number of carboxylic acids is 1. The predicted octanol–water partition coefficient (Wildman–Crippen LogP) is 2.94. The number of piperazine rings is 1. The lowest BCUT2D eigenvalue weighted by molar-refractivity contribution is 0.0698. The first-order valence-corrected chi connectivity index (χ1v) is 11.1. The maximum atomic E-state index is 12.8. The summed E-state index contributed by atoms with van der Waals surface area (Å²) in [6.45, 7) is 10.3. The highest BCUT2D eigenvalue weighted by Crippen LogP contribution is 2.27. The van der Waals surface area contributed by atoms with Gasteiger partial charge in [-0.3, -0.25) is 4.72 Å². The summed E-state index contributed by atoms with van der Waals surface area (Å²) in [7, 11) is -3.89. The third-order valence-corrected chi connectivity index (χ3v) is 6.81. The second-order valence-corrected chi connectivity index (χ2v) is 8.99. The topological polar surface area (TPSA) is 90.0 Å². The minimum atomic E-state index is -3.89. The molecule has 0 atom stereocenters. The Bertz CT molecular complexity index is 1010. The van der Waals surface area contributed by atoms with Crippen LogP contribution in [0.15, 0.2) is 41.3 Å². The van der Waals surface area contributed by atoms with Gasteiger partial charge in [-0.2, -0.15) is 0 Å². The van der Waals surface area contributed by atoms with E-state index < -0.39 is 16.0 Å². The highest BCUT2D eigenvalue weighted by Gasteiger charge is 2.22. The number of likely N-dealkylation sites (N-methyl/N-ethyl adjacent to an activating group) is 1. The summed E-state index contributed by atoms with van der Waals surface area (Å²) >= 11 is 0. The van der Waals surface area contributed by atoms with E-state index in [0.717, 1.165) is 49.5 Å². The number of nitrogens with zero attached hydrogens (tertiary/aromatic N) is 2. The Morgan fingerprint density at radius 3 is 2.31 bits per heavy atom. The van der Waals surface area contributed by atoms with Crippen molar-refractivity contribution in [2.75, 3.05) is 42.3 Å². The summed E-state index contributed by atoms with van der Waals surface area (Å²) < 4.78 is 28.0. The van der Waals surface area contributed by atoms with Crippen molar-refractivity contribution in [1.82, 2.24) is 4.90 Å². The van der Waals surface area contributed by atoms with E-state index in [4.69, 9.17) is 0 Å². The van der Waals surface area contributed by atoms with Crippen LogP contribution >= 0.6 is 0 Å². The molecule has 1 fully saturated rings. The molecule has 1 saturated heterocycles. The van der Waals surface area contributed by atoms with E-state index in [0.29, 0.717) is 0 Å². The van der Waals surface area contributed by atoms with Gasteiger partial charge in [-0.1, -0.05) is 13.0 Å². The molecule has 0 spiro atoms. The van der Waals surface area contributed by atoms with Gasteiger partial charge in [0.2, 0.25) is 0 Å². The van der Waals surface area contributed by atoms with Gasteiger partial charge in [0.05, 0.1) is 16.1 Å². The van der Waals surface area contributed by atoms with Crippen LogP contribution < -0.4 is 9.62 Å². The summed E-state index contributed by atoms with van der Waals surface area (Å²) in [4.78, 5) is 16.4. The third kappa shape index (κ3) is 4.71. The fourth-order valence-corrected chi connectivity index (χ4v) is 4.57. The van der Waals surface area contributed by atoms with E-state index in [1.54, 1.807) is 24.3 Å². The number of rotatable bonds is 6. The molecule has 7 nitrogen and oxygen atoms in total. The van der Waals surface area contributed by atoms with Gasteiger partial charge in [0.1, 0.15) is 0 Å². The lowest BCUT2D eigenvalue weighted by Gasteiger charge is -2.35. The maximum absolute atomic E-state index is 12.8. The number of benzene rings is 2. The average Bonchev–Trinajstić information content (AvgIpc) is 2.70. The Morgan fingerprint density at radius 1 is 1.03 bits per heavy atom. The van der Waals surface area contributed by atoms with Crippen molar-refractivity contribution in [3.05, 3.63) is 53.1 Å². The van der Waals surface area contributed by atoms with Crippen molar-refractivity contribution in [3.8, 4) is 0 Å². The Labute approximate surface area is 172 Å². The number of hydrogen-bond donors (Lipinski definition) is 2. The van der Waals surface area contributed by atoms with Crippen molar-refractivity contribution in [1.29, 1.82) is 0 Å². The van der Waals surface area contributed by atoms with Gasteiger partial charge in [0, 0.05) is 31.9 Å². The van der Waals surface area contributed by atoms with Crippen LogP contribution in [-0.2, 0) is 10.0 Å². The molecule has 8 heteroatoms. The Kier molecular flexibility index (Phi) is 6.14. The first-order valence-electron chi connectivity index (χ1n) is 9.66. The molecule has 0 bridgehead atoms. The van der Waals surface area contributed by atoms with Gasteiger partial charge < -0.3 is 14.9 Å². The Morgan fingerprint density at radius 2 is 1.72 bits per heavy atom. The van der Waals surface area contributed by atoms with E-state index in [-0.39, 0.29) is 16.1 Å². The molecule has 0 aromatic heterocycles. The third-order valence-electron chi connectivity index (χ3n) is 5.45. The lowest BCUT2D eigenvalue weighted by Crippen LogP contribution is -2.46. The van der Waals surface area contributed by atoms with Gasteiger partial charge in [-0.15, -0.1) is 0 Å². The van der Waals surface area contributed by atoms with Crippen LogP contribution in [0.5, 0.6) is 0 Å². The number of sulfonamides is 1. The van der Waals surface area contributed by atoms with Crippen LogP contribution in [0.25, 0.3) is 0 Å². The zero-order chi connectivity index (χ0) is 21.2. The molecule has 0 unspecified atom stereocenters. The highest BCUT2D eigenvalue weighted by molar-refractivity contribution is 7.92. The Hall–Kier alpha value is -2.58. The van der Waals surface area contributed by atoms with Gasteiger partial charge in [-0.25, -0.2) is 13.2 Å². The van der Waals surface area contributed by atoms with Crippen molar-refractivity contribution >= 4 is 27.4 Å². The summed E-state index contributed by atoms with van der Waals surface area (Å²) in [6, 6.07) is 9.69. The van der Waals surface area contributed by atoms with Gasteiger partial charge in [0.15, 0.2) is 0 Å². The van der Waals surface area contributed by atoms with Gasteiger partial charge >= 0.3 is 5.97 Å². The van der Waals surface area contributed by atoms with E-state index in [9.17, 15) is 18.3 Å². The van der Waals surface area contributed by atoms with E-state index in [2.05, 4.69) is 21.4 Å². The van der Waals surface area contributed by atoms with E-state index in [1.165, 1.54) is 12.1 Å². The minimum absolute atomic E-state index is 0.0617. The molecular formula is C21H27N3O4S. The minimum Gasteiger partial charge on any atom is -0.478 e. The number of hydrogen-bond acceptors (Lipinski definition) is 5. The average molecular weight is 418 g/mol. The molecule has 2 aromatic rings. The summed E-state index contributed by atoms with van der Waals surface area (Å²) in [5, 5.41) is 9.65. The van der Waals surface area contributed by atoms with E-state index in [1.807, 2.05) is 13.8 Å². The summed E-state index contributed by atoms with van der Waals surface area (Å²) in [5.74, 6) is -1.17. The molecule has 0 radical (unpaired) electrons. The number of nitrogens with one attached hydrogen (secondary N) is 1. The molecule has 0 amide bonds. The van der Waals surface area contributed by atoms with Crippen LogP contribution in [0, 0.1) is 13.8 Å². The zero-order valence-electron chi connectivity index (χ0n) is 17.0. The Balaban J connectivity index is 1.87. The molecule has 1 heterocycles. The molecule has 0 aliphatic carbocycles. The second kappa shape index (κ2) is 8.42. The molecule has 2 aromatic carbocycles. The normalized spacial score (nSPS) is 15.3. The van der Waals surface area contributed by atoms with Crippen LogP contribution in [0.1, 0.15) is 28.4 Å². The molecule has 2 N–H and O–H groups in total. The van der Waals surface area contributed by atoms with Crippen molar-refractivity contribution < 1.29 is 18.3 Å². The first-order chi connectivity index (χ1) is 13.7. The first kappa shape index (κ1) is 21.1. The largest absolute Gasteiger partial charge is 0.478 e. The number of carbonyl (C=O) groups is 1. The molecule has 156 valence electrons. The highest BCUT2D eigenvalue weighted by atomic mass is 32.2. The maximum Gasteiger partial charge on any atom is 0.337 e. The molecule has 1 aliphatic heterocycles. The molecule has 1 aliphatic rings.